The topological polar surface area (TPSA) is 29.0 Å². The van der Waals surface area contributed by atoms with Gasteiger partial charge in [-0.05, 0) is 46.1 Å². The largest absolute Gasteiger partial charge is 0.355 e. The van der Waals surface area contributed by atoms with E-state index in [-0.39, 0.29) is 0 Å². The normalized spacial score (nSPS) is 10.3. The molecular weight excluding hydrogens is 278 g/mol. The number of aromatic nitrogens is 2. The molecule has 0 saturated carbocycles. The van der Waals surface area contributed by atoms with Gasteiger partial charge in [0.15, 0.2) is 0 Å². The van der Waals surface area contributed by atoms with E-state index in [0.717, 1.165) is 16.8 Å². The first-order chi connectivity index (χ1) is 8.16. The van der Waals surface area contributed by atoms with Crippen LogP contribution in [0.5, 0.6) is 0 Å². The molecule has 0 radical (unpaired) electrons. The van der Waals surface area contributed by atoms with Crippen molar-refractivity contribution in [2.45, 2.75) is 13.5 Å². The van der Waals surface area contributed by atoms with E-state index < -0.39 is 0 Å². The highest BCUT2D eigenvalue weighted by atomic mass is 79.9. The number of anilines is 1. The number of hydrogen-bond donors (Lipinski definition) is 0. The average Bonchev–Trinajstić information content (AvgIpc) is 2.34. The minimum absolute atomic E-state index is 0.807. The van der Waals surface area contributed by atoms with Crippen LogP contribution < -0.4 is 4.90 Å². The summed E-state index contributed by atoms with van der Waals surface area (Å²) in [6.45, 7) is 2.87. The molecule has 0 aliphatic heterocycles. The highest BCUT2D eigenvalue weighted by molar-refractivity contribution is 9.10. The van der Waals surface area contributed by atoms with Gasteiger partial charge >= 0.3 is 0 Å². The monoisotopic (exact) mass is 291 g/mol. The fourth-order valence-electron chi connectivity index (χ4n) is 1.58. The molecule has 0 saturated heterocycles. The molecule has 2 aromatic heterocycles. The second-order valence-electron chi connectivity index (χ2n) is 4.01. The summed E-state index contributed by atoms with van der Waals surface area (Å²) in [5, 5.41) is 0. The minimum Gasteiger partial charge on any atom is -0.355 e. The minimum atomic E-state index is 0.807. The van der Waals surface area contributed by atoms with Crippen LogP contribution in [0.4, 0.5) is 5.82 Å². The van der Waals surface area contributed by atoms with Crippen LogP contribution in [0.25, 0.3) is 0 Å². The van der Waals surface area contributed by atoms with Crippen LogP contribution in [0.2, 0.25) is 0 Å². The fraction of sp³-hybridized carbons (Fsp3) is 0.231. The van der Waals surface area contributed by atoms with E-state index in [0.29, 0.717) is 0 Å². The summed E-state index contributed by atoms with van der Waals surface area (Å²) in [7, 11) is 2.03. The Balaban J connectivity index is 2.14. The Morgan fingerprint density at radius 3 is 2.82 bits per heavy atom. The predicted molar refractivity (Wildman–Crippen MR) is 73.0 cm³/mol. The smallest absolute Gasteiger partial charge is 0.128 e. The molecular formula is C13H14BrN3. The van der Waals surface area contributed by atoms with E-state index in [1.54, 1.807) is 6.20 Å². The van der Waals surface area contributed by atoms with Gasteiger partial charge in [0.05, 0.1) is 0 Å². The van der Waals surface area contributed by atoms with Crippen LogP contribution in [0.15, 0.2) is 41.3 Å². The molecule has 0 unspecified atom stereocenters. The standard InChI is InChI=1S/C13H14BrN3/c1-10-6-13(16-8-12(10)14)17(2)9-11-4-3-5-15-7-11/h3-8H,9H2,1-2H3. The fourth-order valence-corrected chi connectivity index (χ4v) is 1.80. The van der Waals surface area contributed by atoms with Crippen molar-refractivity contribution in [2.24, 2.45) is 0 Å². The van der Waals surface area contributed by atoms with Crippen molar-refractivity contribution in [1.29, 1.82) is 0 Å². The maximum Gasteiger partial charge on any atom is 0.128 e. The number of rotatable bonds is 3. The predicted octanol–water partition coefficient (Wildman–Crippen LogP) is 3.18. The van der Waals surface area contributed by atoms with Gasteiger partial charge in [0, 0.05) is 36.7 Å². The van der Waals surface area contributed by atoms with Gasteiger partial charge in [0.25, 0.3) is 0 Å². The number of nitrogens with zero attached hydrogens (tertiary/aromatic N) is 3. The van der Waals surface area contributed by atoms with Crippen molar-refractivity contribution in [1.82, 2.24) is 9.97 Å². The van der Waals surface area contributed by atoms with Gasteiger partial charge in [0.2, 0.25) is 0 Å². The molecule has 0 spiro atoms. The SMILES string of the molecule is Cc1cc(N(C)Cc2cccnc2)ncc1Br. The zero-order valence-corrected chi connectivity index (χ0v) is 11.5. The Labute approximate surface area is 110 Å². The Bertz CT molecular complexity index is 499. The second kappa shape index (κ2) is 5.27. The highest BCUT2D eigenvalue weighted by Crippen LogP contribution is 2.20. The van der Waals surface area contributed by atoms with E-state index in [1.807, 2.05) is 25.5 Å². The maximum atomic E-state index is 4.39. The van der Waals surface area contributed by atoms with Gasteiger partial charge in [0.1, 0.15) is 5.82 Å². The number of halogens is 1. The van der Waals surface area contributed by atoms with E-state index in [9.17, 15) is 0 Å². The van der Waals surface area contributed by atoms with Gasteiger partial charge in [-0.2, -0.15) is 0 Å². The molecule has 0 amide bonds. The highest BCUT2D eigenvalue weighted by Gasteiger charge is 2.05. The van der Waals surface area contributed by atoms with Gasteiger partial charge < -0.3 is 4.90 Å². The van der Waals surface area contributed by atoms with Crippen LogP contribution in [0, 0.1) is 6.92 Å². The Morgan fingerprint density at radius 1 is 1.35 bits per heavy atom. The molecule has 0 atom stereocenters. The summed E-state index contributed by atoms with van der Waals surface area (Å²) < 4.78 is 1.04. The van der Waals surface area contributed by atoms with Crippen molar-refractivity contribution in [3.63, 3.8) is 0 Å². The lowest BCUT2D eigenvalue weighted by atomic mass is 10.2. The number of hydrogen-bond acceptors (Lipinski definition) is 3. The van der Waals surface area contributed by atoms with Crippen molar-refractivity contribution < 1.29 is 0 Å². The van der Waals surface area contributed by atoms with Crippen molar-refractivity contribution >= 4 is 21.7 Å². The molecule has 0 N–H and O–H groups in total. The zero-order valence-electron chi connectivity index (χ0n) is 9.89. The first-order valence-electron chi connectivity index (χ1n) is 5.39. The lowest BCUT2D eigenvalue weighted by Crippen LogP contribution is -2.17. The van der Waals surface area contributed by atoms with Crippen molar-refractivity contribution in [3.8, 4) is 0 Å². The third-order valence-electron chi connectivity index (χ3n) is 2.57. The Morgan fingerprint density at radius 2 is 2.18 bits per heavy atom. The van der Waals surface area contributed by atoms with Crippen LogP contribution in [-0.2, 0) is 6.54 Å². The molecule has 3 nitrogen and oxygen atoms in total. The van der Waals surface area contributed by atoms with Gasteiger partial charge in [-0.25, -0.2) is 4.98 Å². The molecule has 2 rings (SSSR count). The summed E-state index contributed by atoms with van der Waals surface area (Å²) in [5.74, 6) is 0.967. The second-order valence-corrected chi connectivity index (χ2v) is 4.86. The van der Waals surface area contributed by atoms with Gasteiger partial charge in [-0.3, -0.25) is 4.98 Å². The summed E-state index contributed by atoms with van der Waals surface area (Å²) in [5.41, 5.74) is 2.37. The molecule has 17 heavy (non-hydrogen) atoms. The molecule has 2 aromatic rings. The van der Waals surface area contributed by atoms with Crippen molar-refractivity contribution in [2.75, 3.05) is 11.9 Å². The summed E-state index contributed by atoms with van der Waals surface area (Å²) in [6, 6.07) is 6.08. The molecule has 0 fully saturated rings. The Kier molecular flexibility index (Phi) is 3.74. The summed E-state index contributed by atoms with van der Waals surface area (Å²) in [4.78, 5) is 10.6. The first kappa shape index (κ1) is 12.0. The third-order valence-corrected chi connectivity index (χ3v) is 3.40. The summed E-state index contributed by atoms with van der Waals surface area (Å²) >= 11 is 3.45. The van der Waals surface area contributed by atoms with E-state index in [4.69, 9.17) is 0 Å². The summed E-state index contributed by atoms with van der Waals surface area (Å²) in [6.07, 6.45) is 5.50. The van der Waals surface area contributed by atoms with Crippen LogP contribution in [0.3, 0.4) is 0 Å². The van der Waals surface area contributed by atoms with Crippen LogP contribution >= 0.6 is 15.9 Å². The van der Waals surface area contributed by atoms with E-state index >= 15 is 0 Å². The molecule has 0 aliphatic carbocycles. The number of pyridine rings is 2. The van der Waals surface area contributed by atoms with Crippen LogP contribution in [-0.4, -0.2) is 17.0 Å². The average molecular weight is 292 g/mol. The molecule has 0 aromatic carbocycles. The van der Waals surface area contributed by atoms with Gasteiger partial charge in [-0.15, -0.1) is 0 Å². The Hall–Kier alpha value is -1.42. The lowest BCUT2D eigenvalue weighted by molar-refractivity contribution is 0.889. The van der Waals surface area contributed by atoms with Gasteiger partial charge in [-0.1, -0.05) is 6.07 Å². The van der Waals surface area contributed by atoms with Crippen LogP contribution in [0.1, 0.15) is 11.1 Å². The van der Waals surface area contributed by atoms with E-state index in [1.165, 1.54) is 11.1 Å². The molecule has 4 heteroatoms. The lowest BCUT2D eigenvalue weighted by Gasteiger charge is -2.18. The molecule has 0 bridgehead atoms. The third kappa shape index (κ3) is 3.03. The van der Waals surface area contributed by atoms with E-state index in [2.05, 4.69) is 49.9 Å². The molecule has 2 heterocycles. The molecule has 88 valence electrons. The zero-order chi connectivity index (χ0) is 12.3. The quantitative estimate of drug-likeness (QED) is 0.870. The first-order valence-corrected chi connectivity index (χ1v) is 6.18. The van der Waals surface area contributed by atoms with Crippen molar-refractivity contribution in [3.05, 3.63) is 52.4 Å². The maximum absolute atomic E-state index is 4.39. The number of aryl methyl sites for hydroxylation is 1. The molecule has 0 aliphatic rings.